The molecule has 6 N–H and O–H groups in total. The van der Waals surface area contributed by atoms with E-state index in [0.29, 0.717) is 11.3 Å². The maximum Gasteiger partial charge on any atom is 0.257 e. The molecule has 2 amide bonds. The number of amides is 2. The number of hydrogen-bond acceptors (Lipinski definition) is 10. The first-order valence-corrected chi connectivity index (χ1v) is 12.0. The summed E-state index contributed by atoms with van der Waals surface area (Å²) >= 11 is 0. The molecule has 1 aromatic carbocycles. The molecule has 0 saturated heterocycles. The van der Waals surface area contributed by atoms with Crippen LogP contribution in [-0.2, 0) is 16.0 Å². The van der Waals surface area contributed by atoms with Gasteiger partial charge in [0, 0.05) is 45.4 Å². The number of likely N-dealkylation sites (N-methyl/N-ethyl adjacent to an activating group) is 1. The van der Waals surface area contributed by atoms with E-state index in [4.69, 9.17) is 5.73 Å². The zero-order chi connectivity index (χ0) is 28.6. The Morgan fingerprint density at radius 3 is 2.16 bits per heavy atom. The number of nitrogens with zero attached hydrogens (tertiary/aromatic N) is 3. The monoisotopic (exact) mass is 528 g/mol. The molecule has 3 aliphatic rings. The fourth-order valence-corrected chi connectivity index (χ4v) is 6.10. The molecule has 0 spiro atoms. The first kappa shape index (κ1) is 27.1. The Morgan fingerprint density at radius 2 is 1.66 bits per heavy atom. The first-order valence-electron chi connectivity index (χ1n) is 12.0. The van der Waals surface area contributed by atoms with E-state index in [0.717, 1.165) is 0 Å². The van der Waals surface area contributed by atoms with Crippen molar-refractivity contribution in [2.75, 3.05) is 47.2 Å². The number of benzene rings is 1. The van der Waals surface area contributed by atoms with Crippen LogP contribution in [0.2, 0.25) is 0 Å². The lowest BCUT2D eigenvalue weighted by molar-refractivity contribution is -0.148. The van der Waals surface area contributed by atoms with Gasteiger partial charge in [0.05, 0.1) is 17.2 Å². The smallest absolute Gasteiger partial charge is 0.257 e. The number of carbonyl (C=O) groups excluding carboxylic acids is 4. The number of primary amides is 1. The molecule has 1 aromatic rings. The quantitative estimate of drug-likeness (QED) is 0.330. The molecular weight excluding hydrogens is 496 g/mol. The highest BCUT2D eigenvalue weighted by Gasteiger charge is 2.63. The van der Waals surface area contributed by atoms with E-state index in [2.05, 4.69) is 0 Å². The van der Waals surface area contributed by atoms with Crippen LogP contribution in [0.5, 0.6) is 5.75 Å². The molecule has 12 heteroatoms. The summed E-state index contributed by atoms with van der Waals surface area (Å²) in [5.74, 6) is -7.94. The van der Waals surface area contributed by atoms with Gasteiger partial charge < -0.3 is 36.0 Å². The van der Waals surface area contributed by atoms with Crippen molar-refractivity contribution < 1.29 is 39.6 Å². The molecule has 38 heavy (non-hydrogen) atoms. The van der Waals surface area contributed by atoms with Gasteiger partial charge in [-0.3, -0.25) is 24.1 Å². The van der Waals surface area contributed by atoms with Gasteiger partial charge in [-0.15, -0.1) is 0 Å². The standard InChI is InChI=1S/C26H32N4O8/c1-28(2)14-9-12(25(37)30(5)6)19(31)16-11(14)7-10-8-13-18(29(3)4)21(33)17(24(27)36)23(35)26(13,38)22(34)15(10)20(16)32/h9-10,13,18,31,33-34,38H,7-8H2,1-6H3,(H2,27,36)/t10-,13-,18-,26-/m0/s1. The maximum atomic E-state index is 13.9. The Bertz CT molecular complexity index is 1360. The Hall–Kier alpha value is -3.90. The lowest BCUT2D eigenvalue weighted by Crippen LogP contribution is -2.63. The van der Waals surface area contributed by atoms with Gasteiger partial charge >= 0.3 is 0 Å². The average Bonchev–Trinajstić information content (AvgIpc) is 2.80. The number of ketones is 2. The largest absolute Gasteiger partial charge is 0.510 e. The number of phenolic OH excluding ortho intramolecular Hbond substituents is 1. The summed E-state index contributed by atoms with van der Waals surface area (Å²) in [6.45, 7) is 0. The molecule has 0 unspecified atom stereocenters. The van der Waals surface area contributed by atoms with Gasteiger partial charge in [0.1, 0.15) is 22.8 Å². The summed E-state index contributed by atoms with van der Waals surface area (Å²) in [4.78, 5) is 56.6. The predicted molar refractivity (Wildman–Crippen MR) is 136 cm³/mol. The highest BCUT2D eigenvalue weighted by atomic mass is 16.3. The number of rotatable bonds is 4. The van der Waals surface area contributed by atoms with E-state index in [1.165, 1.54) is 30.0 Å². The SMILES string of the molecule is CN(C)C(=O)c1cc(N(C)C)c2c(c1O)C(=O)C1=C(O)[C@]3(O)C(=O)C(C(N)=O)=C(O)[C@@H](N(C)C)[C@@H]3C[C@@H]1C2. The zero-order valence-electron chi connectivity index (χ0n) is 22.1. The molecule has 204 valence electrons. The van der Waals surface area contributed by atoms with E-state index in [-0.39, 0.29) is 29.5 Å². The molecule has 12 nitrogen and oxygen atoms in total. The van der Waals surface area contributed by atoms with Gasteiger partial charge in [-0.25, -0.2) is 0 Å². The van der Waals surface area contributed by atoms with E-state index in [1.807, 2.05) is 0 Å². The molecule has 0 saturated carbocycles. The molecule has 0 heterocycles. The van der Waals surface area contributed by atoms with Crippen LogP contribution in [0.4, 0.5) is 5.69 Å². The fraction of sp³-hybridized carbons (Fsp3) is 0.462. The number of hydrogen-bond donors (Lipinski definition) is 5. The third-order valence-corrected chi connectivity index (χ3v) is 7.82. The highest BCUT2D eigenvalue weighted by Crippen LogP contribution is 2.53. The van der Waals surface area contributed by atoms with Crippen LogP contribution in [0.15, 0.2) is 28.7 Å². The van der Waals surface area contributed by atoms with E-state index in [1.54, 1.807) is 33.1 Å². The molecule has 0 radical (unpaired) electrons. The van der Waals surface area contributed by atoms with Gasteiger partial charge in [-0.05, 0) is 44.5 Å². The Labute approximate surface area is 219 Å². The second-order valence-corrected chi connectivity index (χ2v) is 10.7. The summed E-state index contributed by atoms with van der Waals surface area (Å²) in [5, 5.41) is 45.0. The van der Waals surface area contributed by atoms with Crippen LogP contribution in [-0.4, -0.2) is 108 Å². The third kappa shape index (κ3) is 3.51. The van der Waals surface area contributed by atoms with Gasteiger partial charge in [-0.2, -0.15) is 0 Å². The number of Topliss-reactive ketones (excluding diaryl/α,β-unsaturated/α-hetero) is 2. The van der Waals surface area contributed by atoms with Gasteiger partial charge in [0.25, 0.3) is 11.8 Å². The van der Waals surface area contributed by atoms with Crippen LogP contribution in [0.25, 0.3) is 0 Å². The summed E-state index contributed by atoms with van der Waals surface area (Å²) in [6, 6.07) is 0.431. The van der Waals surface area contributed by atoms with Gasteiger partial charge in [-0.1, -0.05) is 0 Å². The molecule has 0 bridgehead atoms. The number of allylic oxidation sites excluding steroid dienone is 1. The van der Waals surface area contributed by atoms with Crippen LogP contribution >= 0.6 is 0 Å². The van der Waals surface area contributed by atoms with Gasteiger partial charge in [0.15, 0.2) is 11.4 Å². The van der Waals surface area contributed by atoms with E-state index in [9.17, 15) is 39.6 Å². The highest BCUT2D eigenvalue weighted by molar-refractivity contribution is 6.25. The van der Waals surface area contributed by atoms with Crippen molar-refractivity contribution in [3.8, 4) is 5.75 Å². The van der Waals surface area contributed by atoms with Crippen LogP contribution < -0.4 is 10.6 Å². The number of fused-ring (bicyclic) bond motifs is 3. The van der Waals surface area contributed by atoms with Crippen molar-refractivity contribution in [1.82, 2.24) is 9.80 Å². The zero-order valence-corrected chi connectivity index (χ0v) is 22.1. The van der Waals surface area contributed by atoms with E-state index >= 15 is 0 Å². The minimum atomic E-state index is -2.72. The van der Waals surface area contributed by atoms with Crippen molar-refractivity contribution in [3.05, 3.63) is 45.4 Å². The number of aliphatic hydroxyl groups excluding tert-OH is 2. The summed E-state index contributed by atoms with van der Waals surface area (Å²) in [6.07, 6.45) is 0.115. The van der Waals surface area contributed by atoms with Crippen LogP contribution in [0.1, 0.15) is 32.7 Å². The third-order valence-electron chi connectivity index (χ3n) is 7.82. The molecule has 4 atom stereocenters. The summed E-state index contributed by atoms with van der Waals surface area (Å²) < 4.78 is 0. The lowest BCUT2D eigenvalue weighted by Gasteiger charge is -2.50. The van der Waals surface area contributed by atoms with Crippen molar-refractivity contribution in [2.24, 2.45) is 17.6 Å². The fourth-order valence-electron chi connectivity index (χ4n) is 6.10. The molecule has 0 aliphatic heterocycles. The number of anilines is 1. The average molecular weight is 529 g/mol. The minimum Gasteiger partial charge on any atom is -0.510 e. The number of aliphatic hydroxyl groups is 3. The van der Waals surface area contributed by atoms with Crippen molar-refractivity contribution in [1.29, 1.82) is 0 Å². The molecule has 3 aliphatic carbocycles. The van der Waals surface area contributed by atoms with E-state index < -0.39 is 69.7 Å². The number of phenols is 1. The van der Waals surface area contributed by atoms with Crippen molar-refractivity contribution >= 4 is 29.1 Å². The molecule has 4 rings (SSSR count). The van der Waals surface area contributed by atoms with Crippen molar-refractivity contribution in [3.63, 3.8) is 0 Å². The first-order chi connectivity index (χ1) is 17.6. The second-order valence-electron chi connectivity index (χ2n) is 10.7. The van der Waals surface area contributed by atoms with Crippen molar-refractivity contribution in [2.45, 2.75) is 24.5 Å². The van der Waals surface area contributed by atoms with Crippen LogP contribution in [0.3, 0.4) is 0 Å². The van der Waals surface area contributed by atoms with Gasteiger partial charge in [0.2, 0.25) is 5.78 Å². The minimum absolute atomic E-state index is 0.0161. The predicted octanol–water partition coefficient (Wildman–Crippen LogP) is -0.112. The Balaban J connectivity index is 2.00. The second kappa shape index (κ2) is 8.84. The topological polar surface area (TPSA) is 185 Å². The Morgan fingerprint density at radius 1 is 1.05 bits per heavy atom. The Kier molecular flexibility index (Phi) is 6.32. The summed E-state index contributed by atoms with van der Waals surface area (Å²) in [5.41, 5.74) is 2.11. The lowest BCUT2D eigenvalue weighted by atomic mass is 9.58. The molecular formula is C26H32N4O8. The molecule has 0 fully saturated rings. The van der Waals surface area contributed by atoms with Crippen LogP contribution in [0, 0.1) is 11.8 Å². The maximum absolute atomic E-state index is 13.9. The number of nitrogens with two attached hydrogens (primary N) is 1. The number of aromatic hydroxyl groups is 1. The molecule has 0 aromatic heterocycles. The normalized spacial score (nSPS) is 26.7. The number of carbonyl (C=O) groups is 4. The summed E-state index contributed by atoms with van der Waals surface area (Å²) in [7, 11) is 9.57.